The largest absolute Gasteiger partial charge is 0.394 e. The molecule has 6 fully saturated rings. The predicted molar refractivity (Wildman–Crippen MR) is 347 cm³/mol. The third kappa shape index (κ3) is 17.9. The van der Waals surface area contributed by atoms with Crippen molar-refractivity contribution in [1.29, 1.82) is 0 Å². The van der Waals surface area contributed by atoms with E-state index >= 15 is 0 Å². The van der Waals surface area contributed by atoms with E-state index < -0.39 is 179 Å². The highest BCUT2D eigenvalue weighted by Gasteiger charge is 2.56. The molecule has 0 saturated carbocycles. The lowest BCUT2D eigenvalue weighted by Crippen LogP contribution is -2.64. The minimum Gasteiger partial charge on any atom is -0.394 e. The summed E-state index contributed by atoms with van der Waals surface area (Å²) < 4.78 is 100. The maximum Gasteiger partial charge on any atom is 0.167 e. The number of azide groups is 3. The van der Waals surface area contributed by atoms with Crippen LogP contribution in [0.1, 0.15) is 98.8 Å². The topological polar surface area (TPSA) is 345 Å². The van der Waals surface area contributed by atoms with Gasteiger partial charge in [0, 0.05) is 44.8 Å². The standard InChI is InChI=1S/C69H97N9O18/c1-12-13-23-30-82-67-53(73-76-70)38(3)57(50(31-79)89-67)93-65-42(7)60(84-35-48-26-19-15-20-27-48)62(45(10)87-65)96-69-55(75-78-72)40(5)59(52(33-81)91-69)94-66-43(8)61(85-36-49-28-21-16-22-29-49)63(46(11)88-66)95-68-54(74-77-71)39(4)58(51(32-80)90-68)92-64-41(6)56(37(2)44(9)86-64)83-34-47-24-17-14-18-25-47/h1,14-22,24-29,37-46,50-69,79-81H,13,23,30-36H2,2-11H3/t37-,38-,39-,40-,41?,42?,43?,44?,45?,46?,50?,51?,52?,53?,54?,55?,56-,57+,58+,59+,60+,61+,62-,63-,64+,65+,66+,67-,68+,69+/m1/s1. The number of hydrogen-bond acceptors (Lipinski definition) is 21. The lowest BCUT2D eigenvalue weighted by molar-refractivity contribution is -0.370. The van der Waals surface area contributed by atoms with Crippen LogP contribution in [0.5, 0.6) is 0 Å². The molecule has 27 nitrogen and oxygen atoms in total. The van der Waals surface area contributed by atoms with Crippen molar-refractivity contribution in [1.82, 2.24) is 0 Å². The molecule has 0 radical (unpaired) electrons. The van der Waals surface area contributed by atoms with Crippen LogP contribution in [-0.2, 0) is 90.9 Å². The fraction of sp³-hybridized carbons (Fsp3) is 0.710. The highest BCUT2D eigenvalue weighted by Crippen LogP contribution is 2.44. The second-order valence-electron chi connectivity index (χ2n) is 26.4. The molecule has 3 aromatic rings. The highest BCUT2D eigenvalue weighted by molar-refractivity contribution is 5.16. The Hall–Kier alpha value is -5.57. The summed E-state index contributed by atoms with van der Waals surface area (Å²) in [5, 5.41) is 45.6. The summed E-state index contributed by atoms with van der Waals surface area (Å²) in [6, 6.07) is 26.3. The van der Waals surface area contributed by atoms with Crippen LogP contribution >= 0.6 is 0 Å². The summed E-state index contributed by atoms with van der Waals surface area (Å²) in [6.45, 7) is 18.5. The number of unbranched alkanes of at least 4 members (excludes halogenated alkanes) is 1. The van der Waals surface area contributed by atoms with Crippen molar-refractivity contribution in [3.63, 3.8) is 0 Å². The molecule has 30 atom stereocenters. The molecule has 0 aromatic heterocycles. The average Bonchev–Trinajstić information content (AvgIpc) is 0.796. The van der Waals surface area contributed by atoms with E-state index in [1.165, 1.54) is 0 Å². The predicted octanol–water partition coefficient (Wildman–Crippen LogP) is 9.97. The molecule has 27 heteroatoms. The monoisotopic (exact) mass is 1340 g/mol. The quantitative estimate of drug-likeness (QED) is 0.0191. The molecule has 0 aliphatic carbocycles. The summed E-state index contributed by atoms with van der Waals surface area (Å²) in [6.07, 6.45) is -10.7. The third-order valence-electron chi connectivity index (χ3n) is 19.9. The molecule has 12 unspecified atom stereocenters. The van der Waals surface area contributed by atoms with E-state index in [9.17, 15) is 31.9 Å². The zero-order valence-corrected chi connectivity index (χ0v) is 56.4. The van der Waals surface area contributed by atoms with E-state index in [4.69, 9.17) is 77.5 Å². The molecule has 0 bridgehead atoms. The van der Waals surface area contributed by atoms with Gasteiger partial charge in [-0.25, -0.2) is 0 Å². The minimum atomic E-state index is -1.27. The summed E-state index contributed by atoms with van der Waals surface area (Å²) in [7, 11) is 0. The number of aliphatic hydroxyl groups excluding tert-OH is 3. The Balaban J connectivity index is 0.913. The molecule has 96 heavy (non-hydrogen) atoms. The van der Waals surface area contributed by atoms with Crippen molar-refractivity contribution in [3.8, 4) is 12.3 Å². The normalized spacial score (nSPS) is 40.2. The van der Waals surface area contributed by atoms with Gasteiger partial charge in [0.1, 0.15) is 30.5 Å². The van der Waals surface area contributed by atoms with Crippen molar-refractivity contribution in [2.45, 2.75) is 243 Å². The van der Waals surface area contributed by atoms with E-state index in [1.54, 1.807) is 13.8 Å². The van der Waals surface area contributed by atoms with Gasteiger partial charge in [-0.1, -0.05) is 155 Å². The Morgan fingerprint density at radius 3 is 1.06 bits per heavy atom. The van der Waals surface area contributed by atoms with Gasteiger partial charge in [-0.05, 0) is 78.2 Å². The number of terminal acetylenes is 1. The second kappa shape index (κ2) is 36.0. The van der Waals surface area contributed by atoms with Gasteiger partial charge in [-0.15, -0.1) is 12.3 Å². The number of rotatable bonds is 29. The van der Waals surface area contributed by atoms with Crippen LogP contribution in [0, 0.1) is 53.8 Å². The maximum atomic E-state index is 11.3. The van der Waals surface area contributed by atoms with Crippen LogP contribution in [0.4, 0.5) is 0 Å². The first-order valence-corrected chi connectivity index (χ1v) is 33.6. The molecule has 3 N–H and O–H groups in total. The van der Waals surface area contributed by atoms with Crippen LogP contribution in [0.2, 0.25) is 0 Å². The van der Waals surface area contributed by atoms with E-state index in [1.807, 2.05) is 139 Å². The number of aliphatic hydroxyl groups is 3. The van der Waals surface area contributed by atoms with Crippen LogP contribution in [0.25, 0.3) is 31.3 Å². The van der Waals surface area contributed by atoms with Crippen molar-refractivity contribution in [2.75, 3.05) is 26.4 Å². The molecular weight excluding hydrogens is 1240 g/mol. The number of ether oxygens (including phenoxy) is 15. The molecule has 526 valence electrons. The molecule has 0 spiro atoms. The lowest BCUT2D eigenvalue weighted by Gasteiger charge is -2.52. The Kier molecular flexibility index (Phi) is 28.0. The van der Waals surface area contributed by atoms with Gasteiger partial charge >= 0.3 is 0 Å². The van der Waals surface area contributed by atoms with Gasteiger partial charge in [-0.2, -0.15) is 0 Å². The first-order chi connectivity index (χ1) is 46.5. The smallest absolute Gasteiger partial charge is 0.167 e. The zero-order chi connectivity index (χ0) is 68.6. The summed E-state index contributed by atoms with van der Waals surface area (Å²) in [5.74, 6) is -0.623. The van der Waals surface area contributed by atoms with Gasteiger partial charge in [0.05, 0.1) is 119 Å². The molecule has 6 saturated heterocycles. The van der Waals surface area contributed by atoms with Gasteiger partial charge in [0.25, 0.3) is 0 Å². The summed E-state index contributed by atoms with van der Waals surface area (Å²) in [5.41, 5.74) is 32.8. The maximum absolute atomic E-state index is 11.3. The van der Waals surface area contributed by atoms with Crippen molar-refractivity contribution < 1.29 is 86.4 Å². The van der Waals surface area contributed by atoms with Crippen LogP contribution in [0.15, 0.2) is 106 Å². The van der Waals surface area contributed by atoms with Crippen LogP contribution in [0.3, 0.4) is 0 Å². The minimum absolute atomic E-state index is 0.0349. The molecule has 3 aromatic carbocycles. The second-order valence-corrected chi connectivity index (χ2v) is 26.4. The zero-order valence-electron chi connectivity index (χ0n) is 56.4. The van der Waals surface area contributed by atoms with E-state index in [0.29, 0.717) is 19.4 Å². The van der Waals surface area contributed by atoms with Gasteiger partial charge in [0.15, 0.2) is 37.7 Å². The third-order valence-corrected chi connectivity index (χ3v) is 19.9. The fourth-order valence-electron chi connectivity index (χ4n) is 14.1. The highest BCUT2D eigenvalue weighted by atomic mass is 16.8. The number of hydrogen-bond donors (Lipinski definition) is 3. The molecular formula is C69H97N9O18. The van der Waals surface area contributed by atoms with Gasteiger partial charge in [0.2, 0.25) is 0 Å². The Morgan fingerprint density at radius 2 is 0.708 bits per heavy atom. The molecule has 9 rings (SSSR count). The summed E-state index contributed by atoms with van der Waals surface area (Å²) in [4.78, 5) is 9.59. The van der Waals surface area contributed by atoms with Crippen LogP contribution in [-0.4, -0.2) is 183 Å². The van der Waals surface area contributed by atoms with E-state index in [-0.39, 0.29) is 43.9 Å². The first-order valence-electron chi connectivity index (χ1n) is 33.6. The van der Waals surface area contributed by atoms with E-state index in [2.05, 4.69) is 42.9 Å². The summed E-state index contributed by atoms with van der Waals surface area (Å²) >= 11 is 0. The SMILES string of the molecule is C#CCCCO[C@@H]1OC(CO)[C@@H](O[C@@H]2OC(C)[C@@H](O[C@@H]3OC(CO)[C@@H](O[C@@H]4OC(C)[C@@H](O[C@@H]5OC(CO)[C@@H](O[C@@H]6OC(C)[C@@H](C)[C@@H](OCc7ccccc7)C6C)[C@H](C)C5N=[N+]=[N-])[C@@H](OCc5ccccc5)C4C)[C@H](C)C3N=[N+]=[N-])[C@@H](OCc3ccccc3)C2C)[C@H](C)C1N=[N+]=[N-]. The van der Waals surface area contributed by atoms with Crippen LogP contribution < -0.4 is 0 Å². The van der Waals surface area contributed by atoms with Crippen molar-refractivity contribution in [3.05, 3.63) is 139 Å². The molecule has 6 heterocycles. The molecule has 6 aliphatic heterocycles. The number of nitrogens with zero attached hydrogens (tertiary/aromatic N) is 9. The van der Waals surface area contributed by atoms with Crippen molar-refractivity contribution in [2.24, 2.45) is 56.8 Å². The van der Waals surface area contributed by atoms with Gasteiger partial charge < -0.3 is 86.4 Å². The first kappa shape index (κ1) is 74.6. The van der Waals surface area contributed by atoms with Crippen molar-refractivity contribution >= 4 is 0 Å². The Bertz CT molecular complexity index is 3040. The fourth-order valence-corrected chi connectivity index (χ4v) is 14.1. The molecule has 6 aliphatic rings. The lowest BCUT2D eigenvalue weighted by atomic mass is 9.85. The Labute approximate surface area is 562 Å². The van der Waals surface area contributed by atoms with Gasteiger partial charge in [-0.3, -0.25) is 0 Å². The number of benzene rings is 3. The average molecular weight is 1340 g/mol. The van der Waals surface area contributed by atoms with E-state index in [0.717, 1.165) is 16.7 Å². The Morgan fingerprint density at radius 1 is 0.385 bits per heavy atom. The molecule has 0 amide bonds.